The van der Waals surface area contributed by atoms with Gasteiger partial charge in [0.25, 0.3) is 5.91 Å². The number of hydrogen-bond donors (Lipinski definition) is 1. The molecule has 0 aliphatic heterocycles. The molecule has 1 N–H and O–H groups in total. The molecule has 23 heavy (non-hydrogen) atoms. The summed E-state index contributed by atoms with van der Waals surface area (Å²) in [6.07, 6.45) is 2.91. The molecule has 0 saturated carbocycles. The maximum atomic E-state index is 11.8. The third-order valence-corrected chi connectivity index (χ3v) is 2.94. The molecule has 2 rings (SSSR count). The molecular weight excluding hydrogens is 294 g/mol. The van der Waals surface area contributed by atoms with Crippen LogP contribution in [0.3, 0.4) is 0 Å². The van der Waals surface area contributed by atoms with Crippen LogP contribution >= 0.6 is 0 Å². The molecule has 0 atom stereocenters. The van der Waals surface area contributed by atoms with Crippen LogP contribution in [-0.2, 0) is 14.3 Å². The van der Waals surface area contributed by atoms with E-state index < -0.39 is 11.9 Å². The first-order valence-corrected chi connectivity index (χ1v) is 7.02. The zero-order valence-electron chi connectivity index (χ0n) is 12.7. The number of anilines is 1. The Morgan fingerprint density at radius 3 is 2.48 bits per heavy atom. The van der Waals surface area contributed by atoms with Crippen LogP contribution in [-0.4, -0.2) is 25.6 Å². The van der Waals surface area contributed by atoms with E-state index >= 15 is 0 Å². The van der Waals surface area contributed by atoms with Crippen LogP contribution in [0.4, 0.5) is 5.69 Å². The molecule has 0 fully saturated rings. The Morgan fingerprint density at radius 1 is 1.04 bits per heavy atom. The summed E-state index contributed by atoms with van der Waals surface area (Å²) < 4.78 is 10.0. The van der Waals surface area contributed by atoms with Crippen molar-refractivity contribution in [2.75, 3.05) is 19.0 Å². The van der Waals surface area contributed by atoms with Crippen molar-refractivity contribution in [2.45, 2.75) is 0 Å². The molecule has 5 nitrogen and oxygen atoms in total. The van der Waals surface area contributed by atoms with E-state index in [1.165, 1.54) is 13.2 Å². The van der Waals surface area contributed by atoms with Gasteiger partial charge >= 0.3 is 5.97 Å². The predicted molar refractivity (Wildman–Crippen MR) is 88.1 cm³/mol. The largest absolute Gasteiger partial charge is 0.495 e. The average molecular weight is 311 g/mol. The first-order valence-electron chi connectivity index (χ1n) is 7.02. The summed E-state index contributed by atoms with van der Waals surface area (Å²) in [4.78, 5) is 23.4. The second kappa shape index (κ2) is 8.38. The summed E-state index contributed by atoms with van der Waals surface area (Å²) in [6, 6.07) is 16.3. The van der Waals surface area contributed by atoms with Crippen molar-refractivity contribution < 1.29 is 19.1 Å². The van der Waals surface area contributed by atoms with E-state index in [9.17, 15) is 9.59 Å². The number of methoxy groups -OCH3 is 1. The minimum absolute atomic E-state index is 0.365. The minimum Gasteiger partial charge on any atom is -0.495 e. The zero-order valence-corrected chi connectivity index (χ0v) is 12.7. The van der Waals surface area contributed by atoms with Gasteiger partial charge in [-0.25, -0.2) is 4.79 Å². The van der Waals surface area contributed by atoms with E-state index in [1.807, 2.05) is 30.3 Å². The standard InChI is InChI=1S/C18H17NO4/c1-22-16-10-6-5-9-15(16)19-17(20)13-23-18(21)12-11-14-7-3-2-4-8-14/h2-12H,13H2,1H3,(H,19,20). The van der Waals surface area contributed by atoms with E-state index in [-0.39, 0.29) is 6.61 Å². The van der Waals surface area contributed by atoms with Crippen molar-refractivity contribution >= 4 is 23.6 Å². The van der Waals surface area contributed by atoms with Crippen molar-refractivity contribution in [2.24, 2.45) is 0 Å². The quantitative estimate of drug-likeness (QED) is 0.658. The van der Waals surface area contributed by atoms with Crippen molar-refractivity contribution in [3.63, 3.8) is 0 Å². The van der Waals surface area contributed by atoms with Gasteiger partial charge < -0.3 is 14.8 Å². The summed E-state index contributed by atoms with van der Waals surface area (Å²) >= 11 is 0. The van der Waals surface area contributed by atoms with Gasteiger partial charge in [0.2, 0.25) is 0 Å². The highest BCUT2D eigenvalue weighted by molar-refractivity contribution is 5.95. The van der Waals surface area contributed by atoms with Gasteiger partial charge in [0.1, 0.15) is 5.75 Å². The highest BCUT2D eigenvalue weighted by Crippen LogP contribution is 2.22. The number of benzene rings is 2. The van der Waals surface area contributed by atoms with Gasteiger partial charge in [-0.2, -0.15) is 0 Å². The van der Waals surface area contributed by atoms with Crippen molar-refractivity contribution in [1.29, 1.82) is 0 Å². The molecule has 2 aromatic rings. The van der Waals surface area contributed by atoms with Gasteiger partial charge in [0, 0.05) is 6.08 Å². The van der Waals surface area contributed by atoms with Crippen LogP contribution in [0.5, 0.6) is 5.75 Å². The van der Waals surface area contributed by atoms with Gasteiger partial charge in [-0.05, 0) is 23.8 Å². The molecular formula is C18H17NO4. The fraction of sp³-hybridized carbons (Fsp3) is 0.111. The van der Waals surface area contributed by atoms with Crippen LogP contribution in [0.1, 0.15) is 5.56 Å². The molecule has 1 amide bonds. The third-order valence-electron chi connectivity index (χ3n) is 2.94. The first-order chi connectivity index (χ1) is 11.2. The lowest BCUT2D eigenvalue weighted by atomic mass is 10.2. The SMILES string of the molecule is COc1ccccc1NC(=O)COC(=O)C=Cc1ccccc1. The first kappa shape index (κ1) is 16.3. The number of nitrogens with one attached hydrogen (secondary N) is 1. The van der Waals surface area contributed by atoms with E-state index in [2.05, 4.69) is 5.32 Å². The Kier molecular flexibility index (Phi) is 5.94. The number of ether oxygens (including phenoxy) is 2. The van der Waals surface area contributed by atoms with Crippen molar-refractivity contribution in [3.05, 3.63) is 66.2 Å². The number of rotatable bonds is 6. The normalized spacial score (nSPS) is 10.3. The Labute approximate surface area is 134 Å². The monoisotopic (exact) mass is 311 g/mol. The Morgan fingerprint density at radius 2 is 1.74 bits per heavy atom. The highest BCUT2D eigenvalue weighted by atomic mass is 16.5. The Bertz CT molecular complexity index is 695. The topological polar surface area (TPSA) is 64.6 Å². The molecule has 0 spiro atoms. The van der Waals surface area contributed by atoms with E-state index in [0.29, 0.717) is 11.4 Å². The molecule has 5 heteroatoms. The van der Waals surface area contributed by atoms with Gasteiger partial charge in [-0.3, -0.25) is 4.79 Å². The lowest BCUT2D eigenvalue weighted by molar-refractivity contribution is -0.142. The summed E-state index contributed by atoms with van der Waals surface area (Å²) in [5.74, 6) is -0.476. The van der Waals surface area contributed by atoms with Crippen LogP contribution in [0.2, 0.25) is 0 Å². The van der Waals surface area contributed by atoms with Crippen molar-refractivity contribution in [1.82, 2.24) is 0 Å². The second-order valence-corrected chi connectivity index (χ2v) is 4.60. The summed E-state index contributed by atoms with van der Waals surface area (Å²) in [7, 11) is 1.51. The number of carbonyl (C=O) groups excluding carboxylic acids is 2. The number of hydrogen-bond acceptors (Lipinski definition) is 4. The maximum absolute atomic E-state index is 11.8. The lowest BCUT2D eigenvalue weighted by Crippen LogP contribution is -2.20. The van der Waals surface area contributed by atoms with Crippen LogP contribution in [0, 0.1) is 0 Å². The molecule has 0 bridgehead atoms. The van der Waals surface area contributed by atoms with Gasteiger partial charge in [-0.1, -0.05) is 42.5 Å². The summed E-state index contributed by atoms with van der Waals surface area (Å²) in [6.45, 7) is -0.365. The van der Waals surface area contributed by atoms with Gasteiger partial charge in [0.15, 0.2) is 6.61 Å². The molecule has 0 heterocycles. The molecule has 0 radical (unpaired) electrons. The fourth-order valence-electron chi connectivity index (χ4n) is 1.85. The second-order valence-electron chi connectivity index (χ2n) is 4.60. The molecule has 0 aromatic heterocycles. The number of amides is 1. The van der Waals surface area contributed by atoms with E-state index in [0.717, 1.165) is 5.56 Å². The summed E-state index contributed by atoms with van der Waals surface area (Å²) in [5.41, 5.74) is 1.40. The number of esters is 1. The number of para-hydroxylation sites is 2. The molecule has 0 aliphatic rings. The van der Waals surface area contributed by atoms with E-state index in [4.69, 9.17) is 9.47 Å². The molecule has 0 unspecified atom stereocenters. The van der Waals surface area contributed by atoms with Gasteiger partial charge in [-0.15, -0.1) is 0 Å². The van der Waals surface area contributed by atoms with Crippen LogP contribution in [0.15, 0.2) is 60.7 Å². The third kappa shape index (κ3) is 5.32. The van der Waals surface area contributed by atoms with E-state index in [1.54, 1.807) is 30.3 Å². The molecule has 2 aromatic carbocycles. The Hall–Kier alpha value is -3.08. The number of carbonyl (C=O) groups is 2. The fourth-order valence-corrected chi connectivity index (χ4v) is 1.85. The predicted octanol–water partition coefficient (Wildman–Crippen LogP) is 2.89. The summed E-state index contributed by atoms with van der Waals surface area (Å²) in [5, 5.41) is 2.63. The zero-order chi connectivity index (χ0) is 16.5. The maximum Gasteiger partial charge on any atom is 0.331 e. The van der Waals surface area contributed by atoms with Gasteiger partial charge in [0.05, 0.1) is 12.8 Å². The van der Waals surface area contributed by atoms with Crippen molar-refractivity contribution in [3.8, 4) is 5.75 Å². The van der Waals surface area contributed by atoms with Crippen LogP contribution < -0.4 is 10.1 Å². The molecule has 118 valence electrons. The van der Waals surface area contributed by atoms with Crippen LogP contribution in [0.25, 0.3) is 6.08 Å². The average Bonchev–Trinajstić information content (AvgIpc) is 2.59. The lowest BCUT2D eigenvalue weighted by Gasteiger charge is -2.09. The minimum atomic E-state index is -0.580. The molecule has 0 aliphatic carbocycles. The highest BCUT2D eigenvalue weighted by Gasteiger charge is 2.08. The smallest absolute Gasteiger partial charge is 0.331 e. The Balaban J connectivity index is 1.82. The molecule has 0 saturated heterocycles.